The predicted molar refractivity (Wildman–Crippen MR) is 75.2 cm³/mol. The van der Waals surface area contributed by atoms with Crippen LogP contribution in [0.1, 0.15) is 15.9 Å². The van der Waals surface area contributed by atoms with Crippen molar-refractivity contribution in [3.63, 3.8) is 0 Å². The molecule has 0 aliphatic carbocycles. The predicted octanol–water partition coefficient (Wildman–Crippen LogP) is 2.41. The molecule has 1 heterocycles. The number of benzene rings is 2. The van der Waals surface area contributed by atoms with Gasteiger partial charge in [-0.15, -0.1) is 0 Å². The van der Waals surface area contributed by atoms with E-state index in [1.54, 1.807) is 60.7 Å². The van der Waals surface area contributed by atoms with Crippen LogP contribution in [-0.4, -0.2) is 17.5 Å². The van der Waals surface area contributed by atoms with Crippen LogP contribution in [0.3, 0.4) is 0 Å². The Morgan fingerprint density at radius 1 is 0.810 bits per heavy atom. The molecule has 2 aromatic carbocycles. The Labute approximate surface area is 120 Å². The summed E-state index contributed by atoms with van der Waals surface area (Å²) in [5.74, 6) is -2.40. The van der Waals surface area contributed by atoms with Crippen LogP contribution in [-0.2, 0) is 14.3 Å². The fourth-order valence-corrected chi connectivity index (χ4v) is 2.13. The van der Waals surface area contributed by atoms with E-state index in [1.807, 2.05) is 0 Å². The summed E-state index contributed by atoms with van der Waals surface area (Å²) in [5, 5.41) is 0. The van der Waals surface area contributed by atoms with E-state index in [0.29, 0.717) is 11.1 Å². The summed E-state index contributed by atoms with van der Waals surface area (Å²) in [7, 11) is 0. The number of cyclic esters (lactones) is 1. The molecule has 4 nitrogen and oxygen atoms in total. The molecule has 0 N–H and O–H groups in total. The van der Waals surface area contributed by atoms with Crippen molar-refractivity contribution in [3.8, 4) is 0 Å². The summed E-state index contributed by atoms with van der Waals surface area (Å²) >= 11 is 0. The zero-order valence-corrected chi connectivity index (χ0v) is 10.9. The molecule has 3 rings (SSSR count). The Morgan fingerprint density at radius 3 is 2.00 bits per heavy atom. The van der Waals surface area contributed by atoms with Gasteiger partial charge in [0.1, 0.15) is 5.57 Å². The highest BCUT2D eigenvalue weighted by Crippen LogP contribution is 2.29. The summed E-state index contributed by atoms with van der Waals surface area (Å²) in [6.45, 7) is 0. The minimum Gasteiger partial charge on any atom is -0.419 e. The molecule has 0 amide bonds. The molecule has 2 aromatic rings. The first kappa shape index (κ1) is 13.0. The van der Waals surface area contributed by atoms with E-state index in [-0.39, 0.29) is 11.3 Å². The van der Waals surface area contributed by atoms with Crippen LogP contribution in [0.15, 0.2) is 66.2 Å². The zero-order chi connectivity index (χ0) is 14.8. The van der Waals surface area contributed by atoms with Crippen LogP contribution in [0, 0.1) is 0 Å². The lowest BCUT2D eigenvalue weighted by Gasteiger charge is -2.04. The number of hydrogen-bond donors (Lipinski definition) is 0. The molecule has 0 unspecified atom stereocenters. The molecule has 0 atom stereocenters. The molecule has 1 aliphatic heterocycles. The number of carbonyl (C=O) groups is 3. The van der Waals surface area contributed by atoms with Crippen molar-refractivity contribution in [3.05, 3.63) is 77.4 Å². The monoisotopic (exact) mass is 280 g/mol. The summed E-state index contributed by atoms with van der Waals surface area (Å²) < 4.78 is 4.99. The van der Waals surface area contributed by atoms with E-state index in [1.165, 1.54) is 0 Å². The molecule has 0 bridgehead atoms. The average Bonchev–Trinajstić information content (AvgIpc) is 2.84. The molecular formula is C17H10O4. The lowest BCUT2D eigenvalue weighted by Crippen LogP contribution is -2.16. The Morgan fingerprint density at radius 2 is 1.38 bits per heavy atom. The van der Waals surface area contributed by atoms with Gasteiger partial charge < -0.3 is 4.74 Å². The van der Waals surface area contributed by atoms with Gasteiger partial charge in [-0.25, -0.2) is 4.79 Å². The molecule has 0 aromatic heterocycles. The number of ether oxygens (including phenoxy) is 1. The third-order valence-corrected chi connectivity index (χ3v) is 3.13. The first-order valence-electron chi connectivity index (χ1n) is 6.34. The molecule has 0 radical (unpaired) electrons. The number of carbonyl (C=O) groups excluding carboxylic acids is 3. The maximum absolute atomic E-state index is 12.5. The van der Waals surface area contributed by atoms with Crippen LogP contribution in [0.4, 0.5) is 0 Å². The highest BCUT2D eigenvalue weighted by molar-refractivity contribution is 6.53. The van der Waals surface area contributed by atoms with Crippen LogP contribution >= 0.6 is 0 Å². The third-order valence-electron chi connectivity index (χ3n) is 3.13. The SMILES string of the molecule is O=C(C1=C(c2ccccc2)O[13C](=O)[13C]1=O)c1ccccc1. The van der Waals surface area contributed by atoms with Crippen LogP contribution in [0.2, 0.25) is 0 Å². The molecule has 102 valence electrons. The van der Waals surface area contributed by atoms with Gasteiger partial charge in [0, 0.05) is 11.1 Å². The van der Waals surface area contributed by atoms with E-state index in [2.05, 4.69) is 0 Å². The van der Waals surface area contributed by atoms with Crippen molar-refractivity contribution in [2.24, 2.45) is 0 Å². The van der Waals surface area contributed by atoms with Gasteiger partial charge in [-0.3, -0.25) is 9.59 Å². The van der Waals surface area contributed by atoms with E-state index in [9.17, 15) is 14.4 Å². The van der Waals surface area contributed by atoms with Gasteiger partial charge in [0.25, 0.3) is 5.78 Å². The highest BCUT2D eigenvalue weighted by atomic mass is 16.6. The van der Waals surface area contributed by atoms with Gasteiger partial charge in [-0.1, -0.05) is 60.7 Å². The zero-order valence-electron chi connectivity index (χ0n) is 10.9. The van der Waals surface area contributed by atoms with Crippen LogP contribution in [0.5, 0.6) is 0 Å². The van der Waals surface area contributed by atoms with Gasteiger partial charge in [0.15, 0.2) is 5.76 Å². The molecule has 0 saturated carbocycles. The maximum Gasteiger partial charge on any atom is 0.385 e. The average molecular weight is 280 g/mol. The Kier molecular flexibility index (Phi) is 3.20. The van der Waals surface area contributed by atoms with Crippen molar-refractivity contribution in [2.45, 2.75) is 0 Å². The smallest absolute Gasteiger partial charge is 0.385 e. The molecule has 21 heavy (non-hydrogen) atoms. The molecule has 0 spiro atoms. The lowest BCUT2D eigenvalue weighted by molar-refractivity contribution is -0.144. The van der Waals surface area contributed by atoms with Crippen LogP contribution in [0.25, 0.3) is 5.76 Å². The molecule has 4 heteroatoms. The quantitative estimate of drug-likeness (QED) is 0.285. The second-order valence-corrected chi connectivity index (χ2v) is 4.48. The van der Waals surface area contributed by atoms with Gasteiger partial charge in [-0.05, 0) is 0 Å². The van der Waals surface area contributed by atoms with E-state index < -0.39 is 17.5 Å². The van der Waals surface area contributed by atoms with Crippen molar-refractivity contribution in [1.29, 1.82) is 0 Å². The topological polar surface area (TPSA) is 60.4 Å². The number of ketones is 2. The van der Waals surface area contributed by atoms with Crippen molar-refractivity contribution in [2.75, 3.05) is 0 Å². The van der Waals surface area contributed by atoms with Gasteiger partial charge >= 0.3 is 5.97 Å². The number of hydrogen-bond acceptors (Lipinski definition) is 4. The fourth-order valence-electron chi connectivity index (χ4n) is 2.13. The first-order valence-corrected chi connectivity index (χ1v) is 6.34. The van der Waals surface area contributed by atoms with Crippen LogP contribution < -0.4 is 0 Å². The lowest BCUT2D eigenvalue weighted by atomic mass is 10.0. The minimum absolute atomic E-state index is 0.0273. The number of esters is 1. The summed E-state index contributed by atoms with van der Waals surface area (Å²) in [6, 6.07) is 17.0. The second kappa shape index (κ2) is 5.17. The normalized spacial score (nSPS) is 14.3. The second-order valence-electron chi connectivity index (χ2n) is 4.48. The molecule has 0 saturated heterocycles. The van der Waals surface area contributed by atoms with Gasteiger partial charge in [0.05, 0.1) is 0 Å². The minimum atomic E-state index is -1.02. The standard InChI is InChI=1S/C17H10O4/c18-14(11-7-3-1-4-8-11)13-15(19)17(20)21-16(13)12-9-5-2-6-10-12/h1-10H/i15+1,17+1. The summed E-state index contributed by atoms with van der Waals surface area (Å²) in [6.07, 6.45) is 0. The van der Waals surface area contributed by atoms with Gasteiger partial charge in [0.2, 0.25) is 5.78 Å². The van der Waals surface area contributed by atoms with E-state index in [0.717, 1.165) is 0 Å². The molecular weight excluding hydrogens is 270 g/mol. The van der Waals surface area contributed by atoms with Gasteiger partial charge in [-0.2, -0.15) is 0 Å². The Bertz CT molecular complexity index is 758. The highest BCUT2D eigenvalue weighted by Gasteiger charge is 2.39. The molecule has 1 aliphatic rings. The molecule has 0 fully saturated rings. The Balaban J connectivity index is 2.13. The third kappa shape index (κ3) is 2.27. The maximum atomic E-state index is 12.5. The van der Waals surface area contributed by atoms with E-state index >= 15 is 0 Å². The summed E-state index contributed by atoms with van der Waals surface area (Å²) in [4.78, 5) is 36.0. The number of Topliss-reactive ketones (excluding diaryl/α,β-unsaturated/α-hetero) is 2. The van der Waals surface area contributed by atoms with Crippen molar-refractivity contribution in [1.82, 2.24) is 0 Å². The first-order chi connectivity index (χ1) is 10.2. The number of rotatable bonds is 3. The summed E-state index contributed by atoms with van der Waals surface area (Å²) in [5.41, 5.74) is 0.654. The fraction of sp³-hybridized carbons (Fsp3) is 0. The Hall–Kier alpha value is -3.01. The van der Waals surface area contributed by atoms with E-state index in [4.69, 9.17) is 4.74 Å². The largest absolute Gasteiger partial charge is 0.419 e. The van der Waals surface area contributed by atoms with Crippen molar-refractivity contribution >= 4 is 23.3 Å². The van der Waals surface area contributed by atoms with Crippen molar-refractivity contribution < 1.29 is 19.1 Å².